The Morgan fingerprint density at radius 2 is 0.551 bits per heavy atom. The fraction of sp³-hybridized carbons (Fsp3) is 0.727. The predicted octanol–water partition coefficient (Wildman–Crippen LogP) is 27.5. The Balaban J connectivity index is 3.95. The van der Waals surface area contributed by atoms with Gasteiger partial charge in [-0.1, -0.05) is 372 Å². The number of likely N-dealkylation sites (N-methyl/N-ethyl adjacent to an activating group) is 1. The second-order valence-electron chi connectivity index (χ2n) is 28.4. The molecule has 0 radical (unpaired) electrons. The zero-order valence-electron chi connectivity index (χ0n) is 64.5. The van der Waals surface area contributed by atoms with Gasteiger partial charge in [0.1, 0.15) is 19.8 Å². The van der Waals surface area contributed by atoms with Crippen molar-refractivity contribution < 1.29 is 42.1 Å². The predicted molar refractivity (Wildman–Crippen MR) is 427 cm³/mol. The van der Waals surface area contributed by atoms with Crippen molar-refractivity contribution in [3.8, 4) is 0 Å². The third kappa shape index (κ3) is 81.1. The first kappa shape index (κ1) is 94.2. The fourth-order valence-corrected chi connectivity index (χ4v) is 12.3. The van der Waals surface area contributed by atoms with Crippen molar-refractivity contribution in [1.29, 1.82) is 0 Å². The number of quaternary nitrogens is 1. The van der Waals surface area contributed by atoms with Crippen molar-refractivity contribution in [3.63, 3.8) is 0 Å². The normalized spacial score (nSPS) is 13.7. The third-order valence-electron chi connectivity index (χ3n) is 17.7. The van der Waals surface area contributed by atoms with Crippen LogP contribution in [0.3, 0.4) is 0 Å². The SMILES string of the molecule is CC/C=C\C/C=C\C/C=C\C/C=C\C/C=C\C/C=C\C/C=C\CCCCCCCCCCCCCCCCCCCC(=O)OC(COC(=O)CCCCCCCCCCCCCCCCCCCCCCCC/C=C\C/C=C\C/C=C\C/C=C\CC)COP(=O)(O)OCC[N+](C)(C)C. The van der Waals surface area contributed by atoms with E-state index in [1.807, 2.05) is 21.1 Å². The van der Waals surface area contributed by atoms with Gasteiger partial charge in [0.25, 0.3) is 0 Å². The molecule has 1 N–H and O–H groups in total. The van der Waals surface area contributed by atoms with Gasteiger partial charge < -0.3 is 18.9 Å². The number of unbranched alkanes of at least 4 members (excludes halogenated alkanes) is 39. The van der Waals surface area contributed by atoms with Crippen molar-refractivity contribution in [1.82, 2.24) is 0 Å². The van der Waals surface area contributed by atoms with E-state index >= 15 is 0 Å². The molecule has 9 nitrogen and oxygen atoms in total. The minimum absolute atomic E-state index is 0.0299. The Hall–Kier alpha value is -3.85. The van der Waals surface area contributed by atoms with Crippen molar-refractivity contribution >= 4 is 19.8 Å². The van der Waals surface area contributed by atoms with Crippen LogP contribution in [0.5, 0.6) is 0 Å². The van der Waals surface area contributed by atoms with Gasteiger partial charge in [-0.15, -0.1) is 0 Å². The number of carbonyl (C=O) groups is 2. The lowest BCUT2D eigenvalue weighted by atomic mass is 10.0. The zero-order chi connectivity index (χ0) is 71.1. The second-order valence-corrected chi connectivity index (χ2v) is 29.8. The van der Waals surface area contributed by atoms with Crippen LogP contribution in [0.4, 0.5) is 0 Å². The molecule has 0 rings (SSSR count). The van der Waals surface area contributed by atoms with Gasteiger partial charge >= 0.3 is 19.8 Å². The zero-order valence-corrected chi connectivity index (χ0v) is 65.4. The Morgan fingerprint density at radius 3 is 0.816 bits per heavy atom. The lowest BCUT2D eigenvalue weighted by Gasteiger charge is -2.24. The van der Waals surface area contributed by atoms with Crippen LogP contribution in [-0.2, 0) is 32.7 Å². The van der Waals surface area contributed by atoms with Gasteiger partial charge in [0, 0.05) is 12.8 Å². The smallest absolute Gasteiger partial charge is 0.462 e. The summed E-state index contributed by atoms with van der Waals surface area (Å²) in [6, 6.07) is 0. The maximum absolute atomic E-state index is 12.9. The molecule has 0 aromatic carbocycles. The topological polar surface area (TPSA) is 108 Å². The maximum Gasteiger partial charge on any atom is 0.472 e. The molecule has 0 saturated carbocycles. The summed E-state index contributed by atoms with van der Waals surface area (Å²) in [6.45, 7) is 4.25. The minimum Gasteiger partial charge on any atom is -0.462 e. The van der Waals surface area contributed by atoms with Gasteiger partial charge in [-0.25, -0.2) is 4.57 Å². The van der Waals surface area contributed by atoms with Gasteiger partial charge in [-0.05, 0) is 109 Å². The Bertz CT molecular complexity index is 2120. The van der Waals surface area contributed by atoms with E-state index in [1.54, 1.807) is 0 Å². The molecule has 0 fully saturated rings. The van der Waals surface area contributed by atoms with Crippen LogP contribution in [0.1, 0.15) is 361 Å². The Morgan fingerprint density at radius 1 is 0.316 bits per heavy atom. The molecule has 2 atom stereocenters. The summed E-state index contributed by atoms with van der Waals surface area (Å²) in [4.78, 5) is 36.0. The van der Waals surface area contributed by atoms with Crippen LogP contribution in [0, 0.1) is 0 Å². The molecule has 0 aromatic rings. The third-order valence-corrected chi connectivity index (χ3v) is 18.7. The van der Waals surface area contributed by atoms with E-state index in [-0.39, 0.29) is 32.0 Å². The number of hydrogen-bond acceptors (Lipinski definition) is 7. The number of nitrogens with zero attached hydrogens (tertiary/aromatic N) is 1. The van der Waals surface area contributed by atoms with E-state index < -0.39 is 26.5 Å². The second kappa shape index (κ2) is 77.3. The van der Waals surface area contributed by atoms with Crippen molar-refractivity contribution in [2.45, 2.75) is 367 Å². The lowest BCUT2D eigenvalue weighted by molar-refractivity contribution is -0.870. The molecule has 0 saturated heterocycles. The first-order valence-electron chi connectivity index (χ1n) is 40.9. The summed E-state index contributed by atoms with van der Waals surface area (Å²) in [5.41, 5.74) is 0. The van der Waals surface area contributed by atoms with Crippen LogP contribution in [0.2, 0.25) is 0 Å². The van der Waals surface area contributed by atoms with Crippen molar-refractivity contribution in [2.75, 3.05) is 47.5 Å². The van der Waals surface area contributed by atoms with Gasteiger partial charge in [0.2, 0.25) is 0 Å². The van der Waals surface area contributed by atoms with Gasteiger partial charge in [0.05, 0.1) is 27.7 Å². The van der Waals surface area contributed by atoms with Gasteiger partial charge in [0.15, 0.2) is 6.10 Å². The standard InChI is InChI=1S/C88H154NO8P/c1-6-8-10-12-14-16-18-20-22-24-26-28-30-32-34-36-38-40-42-43-44-45-47-49-51-53-55-57-59-61-63-65-67-69-71-73-75-77-79-81-88(91)97-86(85-96-98(92,93)95-83-82-89(3,4)5)84-94-87(90)80-78-76-74-72-70-68-66-64-62-60-58-56-54-52-50-48-46-41-39-37-35-33-31-29-27-25-23-21-19-17-15-13-11-9-7-2/h8-11,14-17,20-23,26-29,32,34,38,40,43-44,86H,6-7,12-13,18-19,24-25,30-31,33,35-37,39,41-42,45-85H2,1-5H3/p+1/b10-8-,11-9-,16-14-,17-15-,22-20-,23-21-,28-26-,29-27-,34-32-,40-38-,44-43-. The van der Waals surface area contributed by atoms with E-state index in [0.29, 0.717) is 17.4 Å². The van der Waals surface area contributed by atoms with Crippen molar-refractivity contribution in [2.24, 2.45) is 0 Å². The van der Waals surface area contributed by atoms with Crippen LogP contribution < -0.4 is 0 Å². The Labute approximate surface area is 606 Å². The molecule has 10 heteroatoms. The molecular formula is C88H155NO8P+. The largest absolute Gasteiger partial charge is 0.472 e. The summed E-state index contributed by atoms with van der Waals surface area (Å²) >= 11 is 0. The van der Waals surface area contributed by atoms with E-state index in [4.69, 9.17) is 18.5 Å². The highest BCUT2D eigenvalue weighted by Crippen LogP contribution is 2.43. The molecule has 0 amide bonds. The minimum atomic E-state index is -4.40. The van der Waals surface area contributed by atoms with E-state index in [9.17, 15) is 19.0 Å². The van der Waals surface area contributed by atoms with Crippen LogP contribution in [0.15, 0.2) is 134 Å². The lowest BCUT2D eigenvalue weighted by Crippen LogP contribution is -2.37. The molecule has 0 aliphatic carbocycles. The van der Waals surface area contributed by atoms with Crippen LogP contribution >= 0.6 is 7.82 Å². The highest BCUT2D eigenvalue weighted by molar-refractivity contribution is 7.47. The van der Waals surface area contributed by atoms with Crippen LogP contribution in [0.25, 0.3) is 0 Å². The molecular weight excluding hydrogens is 1230 g/mol. The molecule has 0 spiro atoms. The number of hydrogen-bond donors (Lipinski definition) is 1. The maximum atomic E-state index is 12.9. The van der Waals surface area contributed by atoms with Crippen LogP contribution in [-0.4, -0.2) is 74.9 Å². The molecule has 0 aromatic heterocycles. The quantitative estimate of drug-likeness (QED) is 0.0211. The van der Waals surface area contributed by atoms with E-state index in [0.717, 1.165) is 103 Å². The summed E-state index contributed by atoms with van der Waals surface area (Å²) in [5, 5.41) is 0. The fourth-order valence-electron chi connectivity index (χ4n) is 11.5. The summed E-state index contributed by atoms with van der Waals surface area (Å²) in [5.74, 6) is -0.784. The van der Waals surface area contributed by atoms with Gasteiger partial charge in [-0.3, -0.25) is 18.6 Å². The molecule has 0 heterocycles. The number of phosphoric acid groups is 1. The highest BCUT2D eigenvalue weighted by atomic mass is 31.2. The molecule has 2 unspecified atom stereocenters. The number of allylic oxidation sites excluding steroid dienone is 22. The molecule has 0 aliphatic heterocycles. The first-order valence-corrected chi connectivity index (χ1v) is 42.4. The van der Waals surface area contributed by atoms with E-state index in [2.05, 4.69) is 148 Å². The van der Waals surface area contributed by atoms with Gasteiger partial charge in [-0.2, -0.15) is 0 Å². The number of phosphoric ester groups is 1. The molecule has 0 aliphatic rings. The molecule has 98 heavy (non-hydrogen) atoms. The number of ether oxygens (including phenoxy) is 2. The molecule has 564 valence electrons. The summed E-state index contributed by atoms with van der Waals surface area (Å²) in [6.07, 6.45) is 113. The summed E-state index contributed by atoms with van der Waals surface area (Å²) < 4.78 is 34.9. The average molecular weight is 1390 g/mol. The highest BCUT2D eigenvalue weighted by Gasteiger charge is 2.27. The van der Waals surface area contributed by atoms with Crippen molar-refractivity contribution in [3.05, 3.63) is 134 Å². The Kier molecular flexibility index (Phi) is 74.3. The number of rotatable bonds is 75. The number of carbonyl (C=O) groups excluding carboxylic acids is 2. The number of esters is 2. The molecule has 0 bridgehead atoms. The average Bonchev–Trinajstić information content (AvgIpc) is 1.23. The summed E-state index contributed by atoms with van der Waals surface area (Å²) in [7, 11) is 1.48. The van der Waals surface area contributed by atoms with E-state index in [1.165, 1.54) is 225 Å². The first-order chi connectivity index (χ1) is 48.0. The monoisotopic (exact) mass is 1390 g/mol.